The van der Waals surface area contributed by atoms with Gasteiger partial charge in [-0.25, -0.2) is 0 Å². The third kappa shape index (κ3) is 4.44. The van der Waals surface area contributed by atoms with E-state index in [0.29, 0.717) is 12.3 Å². The summed E-state index contributed by atoms with van der Waals surface area (Å²) in [7, 11) is 0. The highest BCUT2D eigenvalue weighted by Crippen LogP contribution is 2.22. The molecule has 1 aromatic carbocycles. The molecular formula is C13H19N3O4. The minimum absolute atomic E-state index is 0.0145. The summed E-state index contributed by atoms with van der Waals surface area (Å²) < 4.78 is 5.27. The van der Waals surface area contributed by atoms with Crippen LogP contribution in [0.25, 0.3) is 0 Å². The molecule has 0 radical (unpaired) electrons. The van der Waals surface area contributed by atoms with E-state index < -0.39 is 4.92 Å². The van der Waals surface area contributed by atoms with Gasteiger partial charge in [0.25, 0.3) is 5.69 Å². The highest BCUT2D eigenvalue weighted by atomic mass is 16.6. The van der Waals surface area contributed by atoms with E-state index in [2.05, 4.69) is 10.4 Å². The lowest BCUT2D eigenvalue weighted by Gasteiger charge is -2.26. The first kappa shape index (κ1) is 14.7. The highest BCUT2D eigenvalue weighted by Gasteiger charge is 2.12. The van der Waals surface area contributed by atoms with Crippen molar-refractivity contribution >= 4 is 11.4 Å². The minimum Gasteiger partial charge on any atom is -0.379 e. The first-order valence-corrected chi connectivity index (χ1v) is 6.68. The fourth-order valence-electron chi connectivity index (χ4n) is 2.03. The molecule has 110 valence electrons. The van der Waals surface area contributed by atoms with Crippen LogP contribution in [0.4, 0.5) is 11.4 Å². The van der Waals surface area contributed by atoms with Crippen LogP contribution in [0.3, 0.4) is 0 Å². The number of hydrogen-bond acceptors (Lipinski definition) is 6. The smallest absolute Gasteiger partial charge is 0.294 e. The van der Waals surface area contributed by atoms with Crippen LogP contribution >= 0.6 is 0 Å². The Kier molecular flexibility index (Phi) is 5.72. The Labute approximate surface area is 117 Å². The van der Waals surface area contributed by atoms with Gasteiger partial charge in [-0.2, -0.15) is 0 Å². The van der Waals surface area contributed by atoms with Gasteiger partial charge in [-0.1, -0.05) is 12.1 Å². The van der Waals surface area contributed by atoms with Crippen LogP contribution in [0.15, 0.2) is 24.3 Å². The van der Waals surface area contributed by atoms with Crippen molar-refractivity contribution in [3.63, 3.8) is 0 Å². The predicted molar refractivity (Wildman–Crippen MR) is 74.5 cm³/mol. The number of nitro groups is 1. The zero-order valence-corrected chi connectivity index (χ0v) is 11.3. The maximum absolute atomic E-state index is 10.8. The van der Waals surface area contributed by atoms with E-state index >= 15 is 0 Å². The van der Waals surface area contributed by atoms with Gasteiger partial charge < -0.3 is 4.74 Å². The second kappa shape index (κ2) is 7.78. The molecule has 1 fully saturated rings. The second-order valence-corrected chi connectivity index (χ2v) is 4.53. The number of nitrogens with zero attached hydrogens (tertiary/aromatic N) is 2. The van der Waals surface area contributed by atoms with Gasteiger partial charge >= 0.3 is 0 Å². The van der Waals surface area contributed by atoms with E-state index in [1.165, 1.54) is 6.07 Å². The van der Waals surface area contributed by atoms with Crippen molar-refractivity contribution < 1.29 is 14.5 Å². The van der Waals surface area contributed by atoms with Gasteiger partial charge in [-0.3, -0.25) is 25.3 Å². The summed E-state index contributed by atoms with van der Waals surface area (Å²) in [6.45, 7) is 4.94. The number of para-hydroxylation sites is 2. The SMILES string of the molecule is O=[N+]([O-])c1ccccc1NOCCCN1CCOCC1. The molecule has 0 amide bonds. The third-order valence-electron chi connectivity index (χ3n) is 3.11. The van der Waals surface area contributed by atoms with Crippen LogP contribution in [0.2, 0.25) is 0 Å². The zero-order chi connectivity index (χ0) is 14.2. The minimum atomic E-state index is -0.431. The van der Waals surface area contributed by atoms with Crippen molar-refractivity contribution in [2.75, 3.05) is 44.9 Å². The van der Waals surface area contributed by atoms with Crippen LogP contribution in [-0.2, 0) is 9.57 Å². The van der Waals surface area contributed by atoms with Gasteiger partial charge in [0.1, 0.15) is 5.69 Å². The molecule has 0 unspecified atom stereocenters. The van der Waals surface area contributed by atoms with Crippen molar-refractivity contribution in [3.8, 4) is 0 Å². The molecule has 0 aliphatic carbocycles. The molecule has 0 aromatic heterocycles. The molecule has 1 aromatic rings. The summed E-state index contributed by atoms with van der Waals surface area (Å²) in [6, 6.07) is 6.42. The Morgan fingerprint density at radius 2 is 2.10 bits per heavy atom. The first-order valence-electron chi connectivity index (χ1n) is 6.68. The lowest BCUT2D eigenvalue weighted by atomic mass is 10.3. The number of ether oxygens (including phenoxy) is 1. The van der Waals surface area contributed by atoms with Gasteiger partial charge in [-0.05, 0) is 12.5 Å². The van der Waals surface area contributed by atoms with E-state index in [0.717, 1.165) is 39.3 Å². The molecule has 1 aliphatic rings. The molecule has 0 bridgehead atoms. The molecule has 1 saturated heterocycles. The molecule has 0 spiro atoms. The van der Waals surface area contributed by atoms with Crippen molar-refractivity contribution in [2.45, 2.75) is 6.42 Å². The van der Waals surface area contributed by atoms with Gasteiger partial charge in [0, 0.05) is 25.7 Å². The fourth-order valence-corrected chi connectivity index (χ4v) is 2.03. The summed E-state index contributed by atoms with van der Waals surface area (Å²) in [5.41, 5.74) is 3.04. The Balaban J connectivity index is 1.67. The maximum Gasteiger partial charge on any atom is 0.294 e. The van der Waals surface area contributed by atoms with E-state index in [-0.39, 0.29) is 5.69 Å². The predicted octanol–water partition coefficient (Wildman–Crippen LogP) is 1.66. The molecule has 20 heavy (non-hydrogen) atoms. The van der Waals surface area contributed by atoms with E-state index in [1.54, 1.807) is 18.2 Å². The second-order valence-electron chi connectivity index (χ2n) is 4.53. The third-order valence-corrected chi connectivity index (χ3v) is 3.11. The number of hydrogen-bond donors (Lipinski definition) is 1. The number of nitro benzene ring substituents is 1. The van der Waals surface area contributed by atoms with Crippen molar-refractivity contribution in [1.82, 2.24) is 4.90 Å². The Morgan fingerprint density at radius 1 is 1.35 bits per heavy atom. The average molecular weight is 281 g/mol. The molecule has 0 saturated carbocycles. The molecule has 2 rings (SSSR count). The van der Waals surface area contributed by atoms with Gasteiger partial charge in [0.15, 0.2) is 0 Å². The molecule has 7 nitrogen and oxygen atoms in total. The van der Waals surface area contributed by atoms with Crippen molar-refractivity contribution in [1.29, 1.82) is 0 Å². The van der Waals surface area contributed by atoms with E-state index in [1.807, 2.05) is 0 Å². The number of anilines is 1. The quantitative estimate of drug-likeness (QED) is 0.465. The largest absolute Gasteiger partial charge is 0.379 e. The summed E-state index contributed by atoms with van der Waals surface area (Å²) in [6.07, 6.45) is 0.869. The first-order chi connectivity index (χ1) is 9.77. The van der Waals surface area contributed by atoms with Crippen molar-refractivity contribution in [2.24, 2.45) is 0 Å². The lowest BCUT2D eigenvalue weighted by Crippen LogP contribution is -2.37. The van der Waals surface area contributed by atoms with E-state index in [9.17, 15) is 10.1 Å². The van der Waals surface area contributed by atoms with Crippen LogP contribution in [0, 0.1) is 10.1 Å². The van der Waals surface area contributed by atoms with Gasteiger partial charge in [-0.15, -0.1) is 0 Å². The summed E-state index contributed by atoms with van der Waals surface area (Å²) in [4.78, 5) is 18.0. The monoisotopic (exact) mass is 281 g/mol. The number of nitrogens with one attached hydrogen (secondary N) is 1. The summed E-state index contributed by atoms with van der Waals surface area (Å²) in [5.74, 6) is 0. The summed E-state index contributed by atoms with van der Waals surface area (Å²) in [5, 5.41) is 10.8. The normalized spacial score (nSPS) is 16.0. The van der Waals surface area contributed by atoms with Gasteiger partial charge in [0.05, 0.1) is 24.7 Å². The number of rotatable bonds is 7. The van der Waals surface area contributed by atoms with Crippen LogP contribution < -0.4 is 5.48 Å². The Hall–Kier alpha value is -1.70. The maximum atomic E-state index is 10.8. The fraction of sp³-hybridized carbons (Fsp3) is 0.538. The molecule has 7 heteroatoms. The van der Waals surface area contributed by atoms with Crippen LogP contribution in [-0.4, -0.2) is 49.3 Å². The standard InChI is InChI=1S/C13H19N3O4/c17-16(18)13-5-2-1-4-12(13)14-20-9-3-6-15-7-10-19-11-8-15/h1-2,4-5,14H,3,6-11H2. The number of morpholine rings is 1. The van der Waals surface area contributed by atoms with Gasteiger partial charge in [0.2, 0.25) is 0 Å². The average Bonchev–Trinajstić information content (AvgIpc) is 2.48. The van der Waals surface area contributed by atoms with E-state index in [4.69, 9.17) is 9.57 Å². The topological polar surface area (TPSA) is 76.9 Å². The number of benzene rings is 1. The van der Waals surface area contributed by atoms with Crippen LogP contribution in [0.1, 0.15) is 6.42 Å². The van der Waals surface area contributed by atoms with Crippen molar-refractivity contribution in [3.05, 3.63) is 34.4 Å². The van der Waals surface area contributed by atoms with Crippen LogP contribution in [0.5, 0.6) is 0 Å². The lowest BCUT2D eigenvalue weighted by molar-refractivity contribution is -0.384. The Morgan fingerprint density at radius 3 is 2.85 bits per heavy atom. The molecule has 0 atom stereocenters. The Bertz CT molecular complexity index is 435. The molecule has 1 heterocycles. The highest BCUT2D eigenvalue weighted by molar-refractivity contribution is 5.59. The zero-order valence-electron chi connectivity index (χ0n) is 11.3. The summed E-state index contributed by atoms with van der Waals surface area (Å²) >= 11 is 0. The molecule has 1 N–H and O–H groups in total. The molecular weight excluding hydrogens is 262 g/mol. The molecule has 1 aliphatic heterocycles.